The van der Waals surface area contributed by atoms with E-state index in [1.807, 2.05) is 6.20 Å². The summed E-state index contributed by atoms with van der Waals surface area (Å²) in [6, 6.07) is 0.901. The summed E-state index contributed by atoms with van der Waals surface area (Å²) >= 11 is 0. The van der Waals surface area contributed by atoms with Crippen molar-refractivity contribution in [1.82, 2.24) is 9.88 Å². The maximum atomic E-state index is 5.87. The lowest BCUT2D eigenvalue weighted by atomic mass is 10.1. The molecule has 1 aromatic rings. The van der Waals surface area contributed by atoms with Gasteiger partial charge in [-0.25, -0.2) is 4.98 Å². The Labute approximate surface area is 103 Å². The molecule has 1 aromatic heterocycles. The standard InChI is InChI=1S/C13H23N3O/c1-9(2)16-6-4-5-11(16)13-15-8-12(17-13)10(3)7-14/h8-11H,4-7,14H2,1-3H3. The summed E-state index contributed by atoms with van der Waals surface area (Å²) in [4.78, 5) is 6.90. The van der Waals surface area contributed by atoms with Crippen molar-refractivity contribution in [3.8, 4) is 0 Å². The van der Waals surface area contributed by atoms with E-state index in [2.05, 4.69) is 30.7 Å². The first kappa shape index (κ1) is 12.6. The lowest BCUT2D eigenvalue weighted by Gasteiger charge is -2.25. The number of hydrogen-bond donors (Lipinski definition) is 1. The van der Waals surface area contributed by atoms with Gasteiger partial charge in [0.2, 0.25) is 5.89 Å². The number of hydrogen-bond acceptors (Lipinski definition) is 4. The largest absolute Gasteiger partial charge is 0.444 e. The number of oxazole rings is 1. The highest BCUT2D eigenvalue weighted by atomic mass is 16.4. The molecule has 4 heteroatoms. The van der Waals surface area contributed by atoms with Crippen molar-refractivity contribution >= 4 is 0 Å². The fraction of sp³-hybridized carbons (Fsp3) is 0.769. The van der Waals surface area contributed by atoms with Crippen LogP contribution in [0.4, 0.5) is 0 Å². The molecule has 1 saturated heterocycles. The van der Waals surface area contributed by atoms with Gasteiger partial charge in [-0.2, -0.15) is 0 Å². The van der Waals surface area contributed by atoms with E-state index in [-0.39, 0.29) is 5.92 Å². The minimum absolute atomic E-state index is 0.255. The molecule has 2 heterocycles. The van der Waals surface area contributed by atoms with Crippen LogP contribution in [0.5, 0.6) is 0 Å². The van der Waals surface area contributed by atoms with Gasteiger partial charge in [-0.3, -0.25) is 4.90 Å². The van der Waals surface area contributed by atoms with Crippen molar-refractivity contribution in [3.63, 3.8) is 0 Å². The fourth-order valence-corrected chi connectivity index (χ4v) is 2.47. The maximum Gasteiger partial charge on any atom is 0.211 e. The fourth-order valence-electron chi connectivity index (χ4n) is 2.47. The molecule has 17 heavy (non-hydrogen) atoms. The lowest BCUT2D eigenvalue weighted by molar-refractivity contribution is 0.177. The SMILES string of the molecule is CC(CN)c1cnc(C2CCCN2C(C)C)o1. The summed E-state index contributed by atoms with van der Waals surface area (Å²) in [5.74, 6) is 2.04. The van der Waals surface area contributed by atoms with Crippen LogP contribution in [-0.4, -0.2) is 29.0 Å². The molecule has 2 N–H and O–H groups in total. The minimum Gasteiger partial charge on any atom is -0.444 e. The average molecular weight is 237 g/mol. The topological polar surface area (TPSA) is 55.3 Å². The van der Waals surface area contributed by atoms with Gasteiger partial charge >= 0.3 is 0 Å². The monoisotopic (exact) mass is 237 g/mol. The molecule has 1 fully saturated rings. The van der Waals surface area contributed by atoms with E-state index in [0.29, 0.717) is 18.6 Å². The second kappa shape index (κ2) is 5.19. The third-order valence-electron chi connectivity index (χ3n) is 3.62. The number of nitrogens with zero attached hydrogens (tertiary/aromatic N) is 2. The number of aromatic nitrogens is 1. The molecule has 1 aliphatic rings. The summed E-state index contributed by atoms with van der Waals surface area (Å²) in [6.07, 6.45) is 4.21. The van der Waals surface area contributed by atoms with Crippen LogP contribution >= 0.6 is 0 Å². The quantitative estimate of drug-likeness (QED) is 0.873. The van der Waals surface area contributed by atoms with Gasteiger partial charge in [-0.05, 0) is 33.2 Å². The molecular formula is C13H23N3O. The third kappa shape index (κ3) is 2.53. The van der Waals surface area contributed by atoms with E-state index in [1.165, 1.54) is 6.42 Å². The normalized spacial score (nSPS) is 23.5. The minimum atomic E-state index is 0.255. The highest BCUT2D eigenvalue weighted by Gasteiger charge is 2.31. The van der Waals surface area contributed by atoms with E-state index < -0.39 is 0 Å². The van der Waals surface area contributed by atoms with E-state index in [9.17, 15) is 0 Å². The maximum absolute atomic E-state index is 5.87. The molecule has 0 bridgehead atoms. The van der Waals surface area contributed by atoms with Crippen LogP contribution in [0, 0.1) is 0 Å². The zero-order valence-corrected chi connectivity index (χ0v) is 11.0. The third-order valence-corrected chi connectivity index (χ3v) is 3.62. The second-order valence-electron chi connectivity index (χ2n) is 5.23. The highest BCUT2D eigenvalue weighted by Crippen LogP contribution is 2.33. The predicted molar refractivity (Wildman–Crippen MR) is 67.8 cm³/mol. The van der Waals surface area contributed by atoms with E-state index >= 15 is 0 Å². The van der Waals surface area contributed by atoms with Gasteiger partial charge < -0.3 is 10.2 Å². The summed E-state index contributed by atoms with van der Waals surface area (Å²) in [7, 11) is 0. The average Bonchev–Trinajstić information content (AvgIpc) is 2.95. The molecule has 0 aromatic carbocycles. The molecule has 0 saturated carbocycles. The molecule has 2 rings (SSSR count). The second-order valence-corrected chi connectivity index (χ2v) is 5.23. The smallest absolute Gasteiger partial charge is 0.211 e. The molecule has 2 unspecified atom stereocenters. The Balaban J connectivity index is 2.14. The zero-order valence-electron chi connectivity index (χ0n) is 11.0. The van der Waals surface area contributed by atoms with Gasteiger partial charge in [0, 0.05) is 18.5 Å². The van der Waals surface area contributed by atoms with Crippen LogP contribution in [0.2, 0.25) is 0 Å². The molecule has 96 valence electrons. The first-order valence-corrected chi connectivity index (χ1v) is 6.55. The van der Waals surface area contributed by atoms with Gasteiger partial charge in [0.25, 0.3) is 0 Å². The summed E-state index contributed by atoms with van der Waals surface area (Å²) in [6.45, 7) is 8.27. The molecule has 1 aliphatic heterocycles. The van der Waals surface area contributed by atoms with E-state index in [0.717, 1.165) is 24.6 Å². The van der Waals surface area contributed by atoms with Gasteiger partial charge in [-0.15, -0.1) is 0 Å². The summed E-state index contributed by atoms with van der Waals surface area (Å²) < 4.78 is 5.87. The van der Waals surface area contributed by atoms with Crippen molar-refractivity contribution in [2.45, 2.75) is 51.6 Å². The molecule has 0 amide bonds. The Morgan fingerprint density at radius 2 is 2.29 bits per heavy atom. The van der Waals surface area contributed by atoms with Crippen molar-refractivity contribution in [2.24, 2.45) is 5.73 Å². The van der Waals surface area contributed by atoms with Gasteiger partial charge in [0.05, 0.1) is 12.2 Å². The molecule has 0 radical (unpaired) electrons. The van der Waals surface area contributed by atoms with Gasteiger partial charge in [-0.1, -0.05) is 6.92 Å². The molecule has 0 spiro atoms. The highest BCUT2D eigenvalue weighted by molar-refractivity contribution is 5.05. The van der Waals surface area contributed by atoms with Crippen LogP contribution in [0.15, 0.2) is 10.6 Å². The predicted octanol–water partition coefficient (Wildman–Crippen LogP) is 2.28. The van der Waals surface area contributed by atoms with E-state index in [4.69, 9.17) is 10.2 Å². The zero-order chi connectivity index (χ0) is 12.4. The van der Waals surface area contributed by atoms with Crippen LogP contribution in [0.1, 0.15) is 57.2 Å². The summed E-state index contributed by atoms with van der Waals surface area (Å²) in [5.41, 5.74) is 5.64. The molecule has 4 nitrogen and oxygen atoms in total. The van der Waals surface area contributed by atoms with Gasteiger partial charge in [0.1, 0.15) is 5.76 Å². The van der Waals surface area contributed by atoms with Crippen LogP contribution in [0.25, 0.3) is 0 Å². The lowest BCUT2D eigenvalue weighted by Crippen LogP contribution is -2.30. The number of nitrogens with two attached hydrogens (primary N) is 1. The Morgan fingerprint density at radius 1 is 1.53 bits per heavy atom. The molecular weight excluding hydrogens is 214 g/mol. The summed E-state index contributed by atoms with van der Waals surface area (Å²) in [5, 5.41) is 0. The van der Waals surface area contributed by atoms with E-state index in [1.54, 1.807) is 0 Å². The van der Waals surface area contributed by atoms with Crippen LogP contribution < -0.4 is 5.73 Å². The molecule has 0 aliphatic carbocycles. The van der Waals surface area contributed by atoms with Gasteiger partial charge in [0.15, 0.2) is 0 Å². The Kier molecular flexibility index (Phi) is 3.84. The van der Waals surface area contributed by atoms with Crippen molar-refractivity contribution in [1.29, 1.82) is 0 Å². The number of rotatable bonds is 4. The Hall–Kier alpha value is -0.870. The Bertz CT molecular complexity index is 361. The first-order chi connectivity index (χ1) is 8.13. The first-order valence-electron chi connectivity index (χ1n) is 6.55. The Morgan fingerprint density at radius 3 is 2.94 bits per heavy atom. The molecule has 2 atom stereocenters. The van der Waals surface area contributed by atoms with Crippen molar-refractivity contribution < 1.29 is 4.42 Å². The van der Waals surface area contributed by atoms with Crippen molar-refractivity contribution in [3.05, 3.63) is 17.8 Å². The van der Waals surface area contributed by atoms with Crippen molar-refractivity contribution in [2.75, 3.05) is 13.1 Å². The van der Waals surface area contributed by atoms with Crippen LogP contribution in [-0.2, 0) is 0 Å². The van der Waals surface area contributed by atoms with Crippen LogP contribution in [0.3, 0.4) is 0 Å². The number of likely N-dealkylation sites (tertiary alicyclic amines) is 1.